The molecular weight excluding hydrogens is 168 g/mol. The smallest absolute Gasteiger partial charge is 0.236 e. The van der Waals surface area contributed by atoms with Gasteiger partial charge in [-0.25, -0.2) is 0 Å². The van der Waals surface area contributed by atoms with Crippen molar-refractivity contribution in [3.8, 4) is 0 Å². The number of carbonyl (C=O) groups is 1. The number of methoxy groups -OCH3 is 1. The van der Waals surface area contributed by atoms with E-state index in [1.807, 2.05) is 6.92 Å². The van der Waals surface area contributed by atoms with E-state index in [0.29, 0.717) is 19.2 Å². The largest absolute Gasteiger partial charge is 0.383 e. The van der Waals surface area contributed by atoms with Crippen molar-refractivity contribution in [1.82, 2.24) is 10.6 Å². The Morgan fingerprint density at radius 2 is 2.31 bits per heavy atom. The van der Waals surface area contributed by atoms with Gasteiger partial charge in [0.05, 0.1) is 12.6 Å². The normalized spacial score (nSPS) is 18.3. The number of nitrogens with one attached hydrogen (secondary N) is 2. The summed E-state index contributed by atoms with van der Waals surface area (Å²) < 4.78 is 4.83. The second kappa shape index (κ2) is 5.19. The van der Waals surface area contributed by atoms with E-state index in [1.54, 1.807) is 7.11 Å². The lowest BCUT2D eigenvalue weighted by molar-refractivity contribution is -0.123. The third-order valence-electron chi connectivity index (χ3n) is 2.06. The van der Waals surface area contributed by atoms with E-state index in [1.165, 1.54) is 12.8 Å². The van der Waals surface area contributed by atoms with E-state index in [4.69, 9.17) is 4.74 Å². The van der Waals surface area contributed by atoms with Crippen molar-refractivity contribution in [2.45, 2.75) is 31.8 Å². The third kappa shape index (κ3) is 4.24. The molecule has 0 aromatic rings. The number of ether oxygens (including phenoxy) is 1. The van der Waals surface area contributed by atoms with Crippen LogP contribution in [0.2, 0.25) is 0 Å². The van der Waals surface area contributed by atoms with Gasteiger partial charge in [0, 0.05) is 19.7 Å². The SMILES string of the molecule is COCCNC(=O)C(C)NC1CC1. The fraction of sp³-hybridized carbons (Fsp3) is 0.889. The molecule has 0 aromatic carbocycles. The Kier molecular flexibility index (Phi) is 4.18. The van der Waals surface area contributed by atoms with Gasteiger partial charge in [0.2, 0.25) is 5.91 Å². The van der Waals surface area contributed by atoms with Gasteiger partial charge in [-0.15, -0.1) is 0 Å². The molecule has 13 heavy (non-hydrogen) atoms. The first-order valence-electron chi connectivity index (χ1n) is 4.76. The average Bonchev–Trinajstić information content (AvgIpc) is 2.88. The van der Waals surface area contributed by atoms with Crippen LogP contribution in [0.4, 0.5) is 0 Å². The van der Waals surface area contributed by atoms with Crippen LogP contribution in [-0.4, -0.2) is 38.3 Å². The van der Waals surface area contributed by atoms with E-state index in [2.05, 4.69) is 10.6 Å². The van der Waals surface area contributed by atoms with Crippen LogP contribution in [0.5, 0.6) is 0 Å². The Bertz CT molecular complexity index is 169. The highest BCUT2D eigenvalue weighted by atomic mass is 16.5. The summed E-state index contributed by atoms with van der Waals surface area (Å²) in [5.41, 5.74) is 0. The zero-order valence-corrected chi connectivity index (χ0v) is 8.30. The quantitative estimate of drug-likeness (QED) is 0.569. The molecule has 2 N–H and O–H groups in total. The van der Waals surface area contributed by atoms with Crippen molar-refractivity contribution in [1.29, 1.82) is 0 Å². The number of rotatable bonds is 6. The zero-order chi connectivity index (χ0) is 9.68. The number of hydrogen-bond acceptors (Lipinski definition) is 3. The first-order valence-corrected chi connectivity index (χ1v) is 4.76. The molecule has 1 aliphatic rings. The number of carbonyl (C=O) groups excluding carboxylic acids is 1. The van der Waals surface area contributed by atoms with Gasteiger partial charge in [-0.2, -0.15) is 0 Å². The van der Waals surface area contributed by atoms with Crippen LogP contribution in [0.1, 0.15) is 19.8 Å². The zero-order valence-electron chi connectivity index (χ0n) is 8.30. The van der Waals surface area contributed by atoms with Crippen molar-refractivity contribution >= 4 is 5.91 Å². The molecule has 4 nitrogen and oxygen atoms in total. The van der Waals surface area contributed by atoms with Crippen LogP contribution >= 0.6 is 0 Å². The first-order chi connectivity index (χ1) is 6.24. The van der Waals surface area contributed by atoms with Crippen molar-refractivity contribution in [3.05, 3.63) is 0 Å². The molecule has 1 amide bonds. The highest BCUT2D eigenvalue weighted by Crippen LogP contribution is 2.19. The fourth-order valence-electron chi connectivity index (χ4n) is 1.11. The maximum atomic E-state index is 11.4. The van der Waals surface area contributed by atoms with Crippen molar-refractivity contribution in [2.75, 3.05) is 20.3 Å². The summed E-state index contributed by atoms with van der Waals surface area (Å²) in [6.45, 7) is 3.05. The monoisotopic (exact) mass is 186 g/mol. The predicted molar refractivity (Wildman–Crippen MR) is 50.5 cm³/mol. The second-order valence-corrected chi connectivity index (χ2v) is 3.45. The van der Waals surface area contributed by atoms with Gasteiger partial charge in [-0.1, -0.05) is 0 Å². The Hall–Kier alpha value is -0.610. The molecule has 0 radical (unpaired) electrons. The van der Waals surface area contributed by atoms with Gasteiger partial charge in [0.1, 0.15) is 0 Å². The van der Waals surface area contributed by atoms with Gasteiger partial charge in [-0.3, -0.25) is 4.79 Å². The maximum absolute atomic E-state index is 11.4. The van der Waals surface area contributed by atoms with E-state index in [9.17, 15) is 4.79 Å². The van der Waals surface area contributed by atoms with Crippen LogP contribution in [0.15, 0.2) is 0 Å². The molecule has 0 aromatic heterocycles. The number of hydrogen-bond donors (Lipinski definition) is 2. The van der Waals surface area contributed by atoms with Crippen molar-refractivity contribution in [2.24, 2.45) is 0 Å². The fourth-order valence-corrected chi connectivity index (χ4v) is 1.11. The Balaban J connectivity index is 2.05. The topological polar surface area (TPSA) is 50.4 Å². The molecule has 4 heteroatoms. The lowest BCUT2D eigenvalue weighted by atomic mass is 10.3. The average molecular weight is 186 g/mol. The minimum Gasteiger partial charge on any atom is -0.383 e. The molecule has 1 atom stereocenters. The van der Waals surface area contributed by atoms with E-state index in [0.717, 1.165) is 0 Å². The molecule has 0 aliphatic heterocycles. The summed E-state index contributed by atoms with van der Waals surface area (Å²) in [6, 6.07) is 0.493. The molecule has 0 saturated heterocycles. The maximum Gasteiger partial charge on any atom is 0.236 e. The van der Waals surface area contributed by atoms with Gasteiger partial charge >= 0.3 is 0 Å². The molecule has 1 rings (SSSR count). The Labute approximate surface area is 79.0 Å². The molecule has 76 valence electrons. The third-order valence-corrected chi connectivity index (χ3v) is 2.06. The number of amides is 1. The molecule has 1 aliphatic carbocycles. The molecule has 0 heterocycles. The van der Waals surface area contributed by atoms with Crippen LogP contribution in [0, 0.1) is 0 Å². The van der Waals surface area contributed by atoms with Crippen LogP contribution in [0.25, 0.3) is 0 Å². The van der Waals surface area contributed by atoms with Gasteiger partial charge in [-0.05, 0) is 19.8 Å². The standard InChI is InChI=1S/C9H18N2O2/c1-7(11-8-3-4-8)9(12)10-5-6-13-2/h7-8,11H,3-6H2,1-2H3,(H,10,12). The van der Waals surface area contributed by atoms with Gasteiger partial charge < -0.3 is 15.4 Å². The highest BCUT2D eigenvalue weighted by molar-refractivity contribution is 5.81. The first kappa shape index (κ1) is 10.5. The van der Waals surface area contributed by atoms with E-state index < -0.39 is 0 Å². The van der Waals surface area contributed by atoms with Gasteiger partial charge in [0.15, 0.2) is 0 Å². The molecule has 1 fully saturated rings. The van der Waals surface area contributed by atoms with E-state index in [-0.39, 0.29) is 11.9 Å². The van der Waals surface area contributed by atoms with Gasteiger partial charge in [0.25, 0.3) is 0 Å². The summed E-state index contributed by atoms with van der Waals surface area (Å²) in [4.78, 5) is 11.4. The Morgan fingerprint density at radius 1 is 1.62 bits per heavy atom. The van der Waals surface area contributed by atoms with E-state index >= 15 is 0 Å². The highest BCUT2D eigenvalue weighted by Gasteiger charge is 2.25. The molecule has 1 unspecified atom stereocenters. The second-order valence-electron chi connectivity index (χ2n) is 3.45. The minimum absolute atomic E-state index is 0.0592. The summed E-state index contributed by atoms with van der Waals surface area (Å²) in [7, 11) is 1.62. The summed E-state index contributed by atoms with van der Waals surface area (Å²) in [5, 5.41) is 6.02. The molecule has 0 spiro atoms. The summed E-state index contributed by atoms with van der Waals surface area (Å²) in [6.07, 6.45) is 2.41. The lowest BCUT2D eigenvalue weighted by Gasteiger charge is -2.12. The van der Waals surface area contributed by atoms with Crippen LogP contribution in [0.3, 0.4) is 0 Å². The Morgan fingerprint density at radius 3 is 2.85 bits per heavy atom. The molecule has 1 saturated carbocycles. The summed E-state index contributed by atoms with van der Waals surface area (Å²) in [5.74, 6) is 0.0592. The molecular formula is C9H18N2O2. The lowest BCUT2D eigenvalue weighted by Crippen LogP contribution is -2.43. The predicted octanol–water partition coefficient (Wildman–Crippen LogP) is -0.111. The van der Waals surface area contributed by atoms with Crippen molar-refractivity contribution < 1.29 is 9.53 Å². The summed E-state index contributed by atoms with van der Waals surface area (Å²) >= 11 is 0. The molecule has 0 bridgehead atoms. The van der Waals surface area contributed by atoms with Crippen molar-refractivity contribution in [3.63, 3.8) is 0 Å². The van der Waals surface area contributed by atoms with Crippen LogP contribution < -0.4 is 10.6 Å². The van der Waals surface area contributed by atoms with Crippen LogP contribution in [-0.2, 0) is 9.53 Å². The minimum atomic E-state index is -0.0793.